The summed E-state index contributed by atoms with van der Waals surface area (Å²) in [4.78, 5) is 10.6. The molecule has 1 rings (SSSR count). The molecule has 0 bridgehead atoms. The van der Waals surface area contributed by atoms with Crippen molar-refractivity contribution in [3.63, 3.8) is 0 Å². The highest BCUT2D eigenvalue weighted by Gasteiger charge is 2.15. The zero-order valence-electron chi connectivity index (χ0n) is 8.47. The quantitative estimate of drug-likeness (QED) is 0.653. The summed E-state index contributed by atoms with van der Waals surface area (Å²) in [7, 11) is 0. The predicted octanol–water partition coefficient (Wildman–Crippen LogP) is 2.08. The molecule has 0 aromatic carbocycles. The fourth-order valence-corrected chi connectivity index (χ4v) is 1.69. The minimum absolute atomic E-state index is 0.0786. The topological polar surface area (TPSA) is 41.5 Å². The van der Waals surface area contributed by atoms with E-state index in [1.54, 1.807) is 0 Å². The van der Waals surface area contributed by atoms with E-state index in [2.05, 4.69) is 17.5 Å². The highest BCUT2D eigenvalue weighted by atomic mass is 16.2. The van der Waals surface area contributed by atoms with Crippen molar-refractivity contribution in [3.05, 3.63) is 0 Å². The van der Waals surface area contributed by atoms with Crippen LogP contribution in [0.2, 0.25) is 0 Å². The highest BCUT2D eigenvalue weighted by molar-refractivity contribution is 5.86. The molecule has 0 aromatic rings. The maximum absolute atomic E-state index is 10.6. The number of nitrogens with zero attached hydrogens (tertiary/aromatic N) is 1. The molecule has 74 valence electrons. The predicted molar refractivity (Wildman–Crippen MR) is 53.5 cm³/mol. The summed E-state index contributed by atoms with van der Waals surface area (Å²) in [5, 5.41) is 4.07. The Balaban J connectivity index is 2.31. The van der Waals surface area contributed by atoms with E-state index in [1.165, 1.54) is 26.2 Å². The Morgan fingerprint density at radius 1 is 1.54 bits per heavy atom. The van der Waals surface area contributed by atoms with Gasteiger partial charge in [0.15, 0.2) is 0 Å². The Labute approximate surface area is 79.6 Å². The van der Waals surface area contributed by atoms with Gasteiger partial charge in [-0.3, -0.25) is 4.79 Å². The molecule has 0 atom stereocenters. The van der Waals surface area contributed by atoms with Crippen LogP contribution in [-0.4, -0.2) is 11.6 Å². The molecule has 0 aromatic heterocycles. The van der Waals surface area contributed by atoms with E-state index in [0.29, 0.717) is 0 Å². The van der Waals surface area contributed by atoms with Gasteiger partial charge in [-0.05, 0) is 31.6 Å². The van der Waals surface area contributed by atoms with Crippen LogP contribution in [0.4, 0.5) is 0 Å². The monoisotopic (exact) mass is 182 g/mol. The van der Waals surface area contributed by atoms with Gasteiger partial charge in [0.05, 0.1) is 0 Å². The molecule has 3 heteroatoms. The Kier molecular flexibility index (Phi) is 3.93. The second-order valence-electron chi connectivity index (χ2n) is 3.70. The molecule has 1 N–H and O–H groups in total. The van der Waals surface area contributed by atoms with Gasteiger partial charge in [-0.25, -0.2) is 5.43 Å². The van der Waals surface area contributed by atoms with Gasteiger partial charge in [0.2, 0.25) is 5.91 Å². The molecule has 3 nitrogen and oxygen atoms in total. The highest BCUT2D eigenvalue weighted by Crippen LogP contribution is 2.24. The molecule has 13 heavy (non-hydrogen) atoms. The first kappa shape index (κ1) is 10.2. The Morgan fingerprint density at radius 3 is 2.62 bits per heavy atom. The van der Waals surface area contributed by atoms with Crippen LogP contribution >= 0.6 is 0 Å². The SMILES string of the molecule is CCC1CCC(=NNC(C)=O)CC1. The number of carbonyl (C=O) groups excluding carboxylic acids is 1. The molecule has 0 spiro atoms. The van der Waals surface area contributed by atoms with Crippen molar-refractivity contribution in [1.29, 1.82) is 0 Å². The lowest BCUT2D eigenvalue weighted by Crippen LogP contribution is -2.19. The molecule has 1 aliphatic carbocycles. The first-order chi connectivity index (χ1) is 6.22. The standard InChI is InChI=1S/C10H18N2O/c1-3-9-4-6-10(7-5-9)12-11-8(2)13/h9H,3-7H2,1-2H3,(H,11,13). The summed E-state index contributed by atoms with van der Waals surface area (Å²) < 4.78 is 0. The Morgan fingerprint density at radius 2 is 2.15 bits per heavy atom. The van der Waals surface area contributed by atoms with Gasteiger partial charge in [-0.1, -0.05) is 13.3 Å². The number of carbonyl (C=O) groups is 1. The number of nitrogens with one attached hydrogen (secondary N) is 1. The van der Waals surface area contributed by atoms with Crippen molar-refractivity contribution in [1.82, 2.24) is 5.43 Å². The van der Waals surface area contributed by atoms with E-state index in [1.807, 2.05) is 0 Å². The smallest absolute Gasteiger partial charge is 0.236 e. The second kappa shape index (κ2) is 5.00. The van der Waals surface area contributed by atoms with Crippen molar-refractivity contribution >= 4 is 11.6 Å². The third-order valence-corrected chi connectivity index (χ3v) is 2.63. The van der Waals surface area contributed by atoms with Crippen LogP contribution in [0, 0.1) is 5.92 Å². The number of amides is 1. The van der Waals surface area contributed by atoms with Crippen molar-refractivity contribution < 1.29 is 4.79 Å². The summed E-state index contributed by atoms with van der Waals surface area (Å²) in [6.45, 7) is 3.72. The molecule has 1 fully saturated rings. The van der Waals surface area contributed by atoms with Crippen molar-refractivity contribution in [2.75, 3.05) is 0 Å². The normalized spacial score (nSPS) is 22.6. The molecule has 1 amide bonds. The minimum Gasteiger partial charge on any atom is -0.274 e. The maximum atomic E-state index is 10.6. The van der Waals surface area contributed by atoms with Crippen molar-refractivity contribution in [2.45, 2.75) is 46.0 Å². The third-order valence-electron chi connectivity index (χ3n) is 2.63. The summed E-state index contributed by atoms with van der Waals surface area (Å²) in [5.41, 5.74) is 3.65. The summed E-state index contributed by atoms with van der Waals surface area (Å²) in [6, 6.07) is 0. The van der Waals surface area contributed by atoms with E-state index >= 15 is 0 Å². The summed E-state index contributed by atoms with van der Waals surface area (Å²) >= 11 is 0. The van der Waals surface area contributed by atoms with Crippen molar-refractivity contribution in [2.24, 2.45) is 11.0 Å². The number of rotatable bonds is 2. The summed E-state index contributed by atoms with van der Waals surface area (Å²) in [6.07, 6.45) is 5.84. The van der Waals surface area contributed by atoms with E-state index in [4.69, 9.17) is 0 Å². The zero-order chi connectivity index (χ0) is 9.68. The average Bonchev–Trinajstić information content (AvgIpc) is 2.15. The fraction of sp³-hybridized carbons (Fsp3) is 0.800. The molecule has 1 saturated carbocycles. The van der Waals surface area contributed by atoms with E-state index < -0.39 is 0 Å². The van der Waals surface area contributed by atoms with Gasteiger partial charge in [-0.2, -0.15) is 5.10 Å². The van der Waals surface area contributed by atoms with E-state index in [-0.39, 0.29) is 5.91 Å². The van der Waals surface area contributed by atoms with Crippen LogP contribution in [0.1, 0.15) is 46.0 Å². The molecular weight excluding hydrogens is 164 g/mol. The van der Waals surface area contributed by atoms with Gasteiger partial charge >= 0.3 is 0 Å². The second-order valence-corrected chi connectivity index (χ2v) is 3.70. The minimum atomic E-state index is -0.0786. The molecule has 0 radical (unpaired) electrons. The third kappa shape index (κ3) is 3.57. The fourth-order valence-electron chi connectivity index (χ4n) is 1.69. The Bertz CT molecular complexity index is 201. The maximum Gasteiger partial charge on any atom is 0.236 e. The molecule has 0 saturated heterocycles. The van der Waals surface area contributed by atoms with Crippen LogP contribution in [0.25, 0.3) is 0 Å². The largest absolute Gasteiger partial charge is 0.274 e. The van der Waals surface area contributed by atoms with Gasteiger partial charge in [-0.15, -0.1) is 0 Å². The lowest BCUT2D eigenvalue weighted by molar-refractivity contribution is -0.118. The number of hydrogen-bond donors (Lipinski definition) is 1. The zero-order valence-corrected chi connectivity index (χ0v) is 8.47. The molecule has 0 aliphatic heterocycles. The van der Waals surface area contributed by atoms with Gasteiger partial charge < -0.3 is 0 Å². The van der Waals surface area contributed by atoms with Crippen LogP contribution in [0.15, 0.2) is 5.10 Å². The molecule has 1 aliphatic rings. The van der Waals surface area contributed by atoms with Gasteiger partial charge in [0.1, 0.15) is 0 Å². The average molecular weight is 182 g/mol. The Hall–Kier alpha value is -0.860. The lowest BCUT2D eigenvalue weighted by Gasteiger charge is -2.21. The molecule has 0 unspecified atom stereocenters. The first-order valence-electron chi connectivity index (χ1n) is 5.04. The summed E-state index contributed by atoms with van der Waals surface area (Å²) in [5.74, 6) is 0.793. The molecular formula is C10H18N2O. The first-order valence-corrected chi connectivity index (χ1v) is 5.04. The number of hydrazone groups is 1. The van der Waals surface area contributed by atoms with Crippen LogP contribution in [0.3, 0.4) is 0 Å². The van der Waals surface area contributed by atoms with E-state index in [9.17, 15) is 4.79 Å². The van der Waals surface area contributed by atoms with Gasteiger partial charge in [0.25, 0.3) is 0 Å². The van der Waals surface area contributed by atoms with Gasteiger partial charge in [0, 0.05) is 12.6 Å². The van der Waals surface area contributed by atoms with Crippen LogP contribution < -0.4 is 5.43 Å². The van der Waals surface area contributed by atoms with Crippen LogP contribution in [-0.2, 0) is 4.79 Å². The lowest BCUT2D eigenvalue weighted by atomic mass is 9.86. The van der Waals surface area contributed by atoms with E-state index in [0.717, 1.165) is 24.5 Å². The van der Waals surface area contributed by atoms with Crippen molar-refractivity contribution in [3.8, 4) is 0 Å². The number of hydrogen-bond acceptors (Lipinski definition) is 2. The molecule has 0 heterocycles. The van der Waals surface area contributed by atoms with Crippen LogP contribution in [0.5, 0.6) is 0 Å².